The Morgan fingerprint density at radius 2 is 1.74 bits per heavy atom. The molecular formula is C27H24N2O4S. The van der Waals surface area contributed by atoms with Gasteiger partial charge in [0.1, 0.15) is 5.75 Å². The van der Waals surface area contributed by atoms with Gasteiger partial charge in [-0.25, -0.2) is 0 Å². The van der Waals surface area contributed by atoms with Crippen molar-refractivity contribution in [1.29, 1.82) is 0 Å². The molecule has 1 heterocycles. The van der Waals surface area contributed by atoms with Gasteiger partial charge >= 0.3 is 0 Å². The number of rotatable bonds is 7. The molecule has 0 aliphatic carbocycles. The van der Waals surface area contributed by atoms with Crippen LogP contribution in [0.5, 0.6) is 5.75 Å². The Morgan fingerprint density at radius 1 is 1.00 bits per heavy atom. The van der Waals surface area contributed by atoms with Crippen molar-refractivity contribution < 1.29 is 19.1 Å². The first-order valence-electron chi connectivity index (χ1n) is 10.8. The van der Waals surface area contributed by atoms with Crippen LogP contribution in [0.3, 0.4) is 0 Å². The molecule has 1 aliphatic heterocycles. The molecule has 1 aliphatic rings. The van der Waals surface area contributed by atoms with E-state index in [4.69, 9.17) is 4.74 Å². The van der Waals surface area contributed by atoms with Crippen molar-refractivity contribution in [2.75, 3.05) is 11.9 Å². The monoisotopic (exact) mass is 472 g/mol. The molecule has 3 aromatic rings. The fourth-order valence-electron chi connectivity index (χ4n) is 3.42. The average Bonchev–Trinajstić information content (AvgIpc) is 3.09. The van der Waals surface area contributed by atoms with Gasteiger partial charge in [-0.05, 0) is 72.1 Å². The molecule has 6 nitrogen and oxygen atoms in total. The fourth-order valence-corrected chi connectivity index (χ4v) is 4.26. The van der Waals surface area contributed by atoms with E-state index >= 15 is 0 Å². The fraction of sp³-hybridized carbons (Fsp3) is 0.148. The van der Waals surface area contributed by atoms with Gasteiger partial charge in [-0.1, -0.05) is 54.6 Å². The van der Waals surface area contributed by atoms with Crippen LogP contribution >= 0.6 is 11.8 Å². The smallest absolute Gasteiger partial charge is 0.293 e. The summed E-state index contributed by atoms with van der Waals surface area (Å²) in [5.41, 5.74) is 4.48. The summed E-state index contributed by atoms with van der Waals surface area (Å²) in [6.07, 6.45) is 1.69. The third kappa shape index (κ3) is 5.74. The summed E-state index contributed by atoms with van der Waals surface area (Å²) in [5, 5.41) is 2.58. The number of nitrogens with one attached hydrogen (secondary N) is 1. The van der Waals surface area contributed by atoms with E-state index in [-0.39, 0.29) is 30.2 Å². The molecular weight excluding hydrogens is 448 g/mol. The normalized spacial score (nSPS) is 14.5. The highest BCUT2D eigenvalue weighted by Gasteiger charge is 2.34. The topological polar surface area (TPSA) is 75.7 Å². The van der Waals surface area contributed by atoms with Crippen molar-refractivity contribution in [2.45, 2.75) is 20.4 Å². The van der Waals surface area contributed by atoms with Gasteiger partial charge in [-0.3, -0.25) is 19.3 Å². The first kappa shape index (κ1) is 23.3. The van der Waals surface area contributed by atoms with Crippen molar-refractivity contribution >= 4 is 40.6 Å². The van der Waals surface area contributed by atoms with Gasteiger partial charge in [-0.2, -0.15) is 0 Å². The number of imide groups is 1. The van der Waals surface area contributed by atoms with Crippen LogP contribution < -0.4 is 10.1 Å². The molecule has 0 saturated carbocycles. The highest BCUT2D eigenvalue weighted by atomic mass is 32.2. The zero-order valence-corrected chi connectivity index (χ0v) is 19.7. The Balaban J connectivity index is 1.34. The highest BCUT2D eigenvalue weighted by molar-refractivity contribution is 8.18. The van der Waals surface area contributed by atoms with Crippen molar-refractivity contribution in [2.24, 2.45) is 0 Å². The van der Waals surface area contributed by atoms with Gasteiger partial charge in [0.25, 0.3) is 17.1 Å². The van der Waals surface area contributed by atoms with E-state index in [1.165, 1.54) is 4.90 Å². The van der Waals surface area contributed by atoms with E-state index in [9.17, 15) is 14.4 Å². The van der Waals surface area contributed by atoms with Crippen LogP contribution in [-0.4, -0.2) is 28.6 Å². The van der Waals surface area contributed by atoms with Crippen molar-refractivity contribution in [3.05, 3.63) is 100.0 Å². The molecule has 0 radical (unpaired) electrons. The number of amides is 3. The number of aryl methyl sites for hydroxylation is 2. The number of anilines is 1. The SMILES string of the molecule is Cc1ccc(C)c(NC(=O)COc2ccc(/C=C3\SC(=O)N(Cc4ccccc4)C3=O)cc2)c1. The lowest BCUT2D eigenvalue weighted by atomic mass is 10.1. The van der Waals surface area contributed by atoms with Crippen LogP contribution in [0.2, 0.25) is 0 Å². The van der Waals surface area contributed by atoms with Crippen LogP contribution in [-0.2, 0) is 16.1 Å². The van der Waals surface area contributed by atoms with Crippen molar-refractivity contribution in [1.82, 2.24) is 4.90 Å². The van der Waals surface area contributed by atoms with Crippen LogP contribution in [0.1, 0.15) is 22.3 Å². The third-order valence-electron chi connectivity index (χ3n) is 5.27. The number of ether oxygens (including phenoxy) is 1. The van der Waals surface area contributed by atoms with E-state index in [2.05, 4.69) is 5.32 Å². The standard InChI is InChI=1S/C27H24N2O4S/c1-18-8-9-19(2)23(14-18)28-25(30)17-33-22-12-10-20(11-13-22)15-24-26(31)29(27(32)34-24)16-21-6-4-3-5-7-21/h3-15H,16-17H2,1-2H3,(H,28,30)/b24-15-. The van der Waals surface area contributed by atoms with E-state index in [0.717, 1.165) is 39.7 Å². The van der Waals surface area contributed by atoms with Crippen LogP contribution in [0.15, 0.2) is 77.7 Å². The maximum atomic E-state index is 12.7. The van der Waals surface area contributed by atoms with Crippen molar-refractivity contribution in [3.8, 4) is 5.75 Å². The summed E-state index contributed by atoms with van der Waals surface area (Å²) >= 11 is 0.932. The molecule has 0 bridgehead atoms. The van der Waals surface area contributed by atoms with Gasteiger partial charge in [0.05, 0.1) is 11.4 Å². The van der Waals surface area contributed by atoms with Crippen molar-refractivity contribution in [3.63, 3.8) is 0 Å². The molecule has 1 N–H and O–H groups in total. The number of thioether (sulfide) groups is 1. The third-order valence-corrected chi connectivity index (χ3v) is 6.18. The van der Waals surface area contributed by atoms with Gasteiger partial charge in [0.15, 0.2) is 6.61 Å². The predicted molar refractivity (Wildman–Crippen MR) is 134 cm³/mol. The largest absolute Gasteiger partial charge is 0.484 e. The lowest BCUT2D eigenvalue weighted by molar-refractivity contribution is -0.123. The molecule has 1 fully saturated rings. The van der Waals surface area contributed by atoms with E-state index < -0.39 is 0 Å². The van der Waals surface area contributed by atoms with E-state index in [1.807, 2.05) is 62.4 Å². The maximum absolute atomic E-state index is 12.7. The molecule has 0 spiro atoms. The lowest BCUT2D eigenvalue weighted by Crippen LogP contribution is -2.27. The minimum atomic E-state index is -0.303. The van der Waals surface area contributed by atoms with Gasteiger partial charge in [0, 0.05) is 5.69 Å². The molecule has 172 valence electrons. The van der Waals surface area contributed by atoms with Gasteiger partial charge in [-0.15, -0.1) is 0 Å². The Morgan fingerprint density at radius 3 is 2.47 bits per heavy atom. The molecule has 0 unspecified atom stereocenters. The maximum Gasteiger partial charge on any atom is 0.293 e. The minimum absolute atomic E-state index is 0.120. The molecule has 1 saturated heterocycles. The highest BCUT2D eigenvalue weighted by Crippen LogP contribution is 2.33. The van der Waals surface area contributed by atoms with Crippen LogP contribution in [0.25, 0.3) is 6.08 Å². The quantitative estimate of drug-likeness (QED) is 0.456. The summed E-state index contributed by atoms with van der Waals surface area (Å²) in [6.45, 7) is 4.03. The second-order valence-corrected chi connectivity index (χ2v) is 8.97. The molecule has 7 heteroatoms. The molecule has 3 amide bonds. The summed E-state index contributed by atoms with van der Waals surface area (Å²) in [4.78, 5) is 38.9. The Bertz CT molecular complexity index is 1250. The number of benzene rings is 3. The molecule has 34 heavy (non-hydrogen) atoms. The lowest BCUT2D eigenvalue weighted by Gasteiger charge is -2.12. The van der Waals surface area contributed by atoms with Crippen LogP contribution in [0, 0.1) is 13.8 Å². The summed E-state index contributed by atoms with van der Waals surface area (Å²) in [5.74, 6) is -0.0161. The molecule has 4 rings (SSSR count). The molecule has 0 aromatic heterocycles. The van der Waals surface area contributed by atoms with Gasteiger partial charge < -0.3 is 10.1 Å². The van der Waals surface area contributed by atoms with Gasteiger partial charge in [0.2, 0.25) is 0 Å². The number of nitrogens with zero attached hydrogens (tertiary/aromatic N) is 1. The number of hydrogen-bond donors (Lipinski definition) is 1. The van der Waals surface area contributed by atoms with E-state index in [0.29, 0.717) is 10.7 Å². The first-order valence-corrected chi connectivity index (χ1v) is 11.6. The Hall–Kier alpha value is -3.84. The Kier molecular flexibility index (Phi) is 7.13. The number of hydrogen-bond acceptors (Lipinski definition) is 5. The minimum Gasteiger partial charge on any atom is -0.484 e. The molecule has 0 atom stereocenters. The summed E-state index contributed by atoms with van der Waals surface area (Å²) in [6, 6.07) is 22.3. The first-order chi connectivity index (χ1) is 16.4. The van der Waals surface area contributed by atoms with E-state index in [1.54, 1.807) is 30.3 Å². The summed E-state index contributed by atoms with van der Waals surface area (Å²) < 4.78 is 5.59. The van der Waals surface area contributed by atoms with Crippen LogP contribution in [0.4, 0.5) is 10.5 Å². The Labute approximate surface area is 202 Å². The average molecular weight is 473 g/mol. The second kappa shape index (κ2) is 10.4. The summed E-state index contributed by atoms with van der Waals surface area (Å²) in [7, 11) is 0. The predicted octanol–water partition coefficient (Wildman–Crippen LogP) is 5.56. The zero-order valence-electron chi connectivity index (χ0n) is 18.9. The number of carbonyl (C=O) groups is 3. The number of carbonyl (C=O) groups excluding carboxylic acids is 3. The zero-order chi connectivity index (χ0) is 24.1. The molecule has 3 aromatic carbocycles. The second-order valence-electron chi connectivity index (χ2n) is 7.98.